The van der Waals surface area contributed by atoms with E-state index in [4.69, 9.17) is 9.72 Å². The minimum Gasteiger partial charge on any atom is -0.497 e. The first kappa shape index (κ1) is 18.4. The molecule has 0 unspecified atom stereocenters. The first-order valence-corrected chi connectivity index (χ1v) is 10.4. The number of rotatable bonds is 6. The standard InChI is InChI=1S/C24H22N2OS/c1-27-21-15-13-18(14-16-21)17-26-23(20-11-7-4-8-12-20)22(25-24(26)28-2)19-9-5-3-6-10-19/h3-16H,17H2,1-2H3. The zero-order valence-corrected chi connectivity index (χ0v) is 16.8. The van der Waals surface area contributed by atoms with Crippen molar-refractivity contribution in [2.45, 2.75) is 11.7 Å². The van der Waals surface area contributed by atoms with Crippen LogP contribution in [0.2, 0.25) is 0 Å². The molecule has 3 nitrogen and oxygen atoms in total. The van der Waals surface area contributed by atoms with Crippen molar-refractivity contribution < 1.29 is 4.74 Å². The van der Waals surface area contributed by atoms with Gasteiger partial charge in [0.05, 0.1) is 25.0 Å². The van der Waals surface area contributed by atoms with E-state index < -0.39 is 0 Å². The van der Waals surface area contributed by atoms with Crippen molar-refractivity contribution in [1.82, 2.24) is 9.55 Å². The average Bonchev–Trinajstić information content (AvgIpc) is 3.13. The Bertz CT molecular complexity index is 1040. The zero-order valence-electron chi connectivity index (χ0n) is 16.0. The van der Waals surface area contributed by atoms with Crippen molar-refractivity contribution in [2.75, 3.05) is 13.4 Å². The number of aromatic nitrogens is 2. The number of benzene rings is 3. The third-order valence-electron chi connectivity index (χ3n) is 4.71. The Balaban J connectivity index is 1.87. The topological polar surface area (TPSA) is 27.1 Å². The smallest absolute Gasteiger partial charge is 0.169 e. The number of imidazole rings is 1. The van der Waals surface area contributed by atoms with Gasteiger partial charge in [0.2, 0.25) is 0 Å². The quantitative estimate of drug-likeness (QED) is 0.381. The second-order valence-electron chi connectivity index (χ2n) is 6.46. The summed E-state index contributed by atoms with van der Waals surface area (Å²) in [5.41, 5.74) is 5.68. The van der Waals surface area contributed by atoms with Gasteiger partial charge in [-0.25, -0.2) is 4.98 Å². The minimum atomic E-state index is 0.754. The van der Waals surface area contributed by atoms with Gasteiger partial charge in [0.1, 0.15) is 5.75 Å². The van der Waals surface area contributed by atoms with Crippen LogP contribution in [0.5, 0.6) is 5.75 Å². The van der Waals surface area contributed by atoms with Crippen LogP contribution < -0.4 is 4.74 Å². The van der Waals surface area contributed by atoms with Gasteiger partial charge in [0, 0.05) is 11.1 Å². The molecule has 0 bridgehead atoms. The highest BCUT2D eigenvalue weighted by molar-refractivity contribution is 7.98. The highest BCUT2D eigenvalue weighted by Crippen LogP contribution is 2.36. The van der Waals surface area contributed by atoms with Gasteiger partial charge in [-0.1, -0.05) is 84.6 Å². The molecule has 0 radical (unpaired) electrons. The maximum absolute atomic E-state index is 5.30. The molecule has 1 aromatic heterocycles. The largest absolute Gasteiger partial charge is 0.497 e. The molecule has 1 heterocycles. The molecule has 0 N–H and O–H groups in total. The fraction of sp³-hybridized carbons (Fsp3) is 0.125. The van der Waals surface area contributed by atoms with E-state index in [1.54, 1.807) is 18.9 Å². The Morgan fingerprint density at radius 3 is 2.00 bits per heavy atom. The van der Waals surface area contributed by atoms with Crippen molar-refractivity contribution in [3.8, 4) is 28.3 Å². The summed E-state index contributed by atoms with van der Waals surface area (Å²) < 4.78 is 7.61. The van der Waals surface area contributed by atoms with Crippen LogP contribution in [0.1, 0.15) is 5.56 Å². The van der Waals surface area contributed by atoms with E-state index in [0.717, 1.165) is 34.4 Å². The summed E-state index contributed by atoms with van der Waals surface area (Å²) in [7, 11) is 1.69. The molecule has 4 rings (SSSR count). The molecular weight excluding hydrogens is 364 g/mol. The fourth-order valence-electron chi connectivity index (χ4n) is 3.33. The van der Waals surface area contributed by atoms with Crippen molar-refractivity contribution in [3.63, 3.8) is 0 Å². The van der Waals surface area contributed by atoms with E-state index in [1.165, 1.54) is 11.1 Å². The van der Waals surface area contributed by atoms with Crippen molar-refractivity contribution in [1.29, 1.82) is 0 Å². The highest BCUT2D eigenvalue weighted by Gasteiger charge is 2.19. The van der Waals surface area contributed by atoms with E-state index in [1.807, 2.05) is 24.3 Å². The minimum absolute atomic E-state index is 0.754. The van der Waals surface area contributed by atoms with Gasteiger partial charge in [-0.15, -0.1) is 0 Å². The molecule has 0 saturated heterocycles. The number of nitrogens with zero attached hydrogens (tertiary/aromatic N) is 2. The zero-order chi connectivity index (χ0) is 19.3. The van der Waals surface area contributed by atoms with Gasteiger partial charge >= 0.3 is 0 Å². The lowest BCUT2D eigenvalue weighted by Crippen LogP contribution is -2.04. The van der Waals surface area contributed by atoms with Gasteiger partial charge in [0.25, 0.3) is 0 Å². The van der Waals surface area contributed by atoms with Crippen LogP contribution >= 0.6 is 11.8 Å². The SMILES string of the molecule is COc1ccc(Cn2c(SC)nc(-c3ccccc3)c2-c2ccccc2)cc1. The van der Waals surface area contributed by atoms with Crippen LogP contribution in [0.15, 0.2) is 90.1 Å². The molecule has 0 saturated carbocycles. The normalized spacial score (nSPS) is 10.8. The van der Waals surface area contributed by atoms with E-state index in [2.05, 4.69) is 71.5 Å². The van der Waals surface area contributed by atoms with E-state index in [-0.39, 0.29) is 0 Å². The second kappa shape index (κ2) is 8.36. The Labute approximate surface area is 170 Å². The summed E-state index contributed by atoms with van der Waals surface area (Å²) in [5, 5.41) is 1.01. The highest BCUT2D eigenvalue weighted by atomic mass is 32.2. The Morgan fingerprint density at radius 2 is 1.43 bits per heavy atom. The summed E-state index contributed by atoms with van der Waals surface area (Å²) in [6.07, 6.45) is 2.08. The number of hydrogen-bond donors (Lipinski definition) is 0. The molecule has 3 aromatic carbocycles. The maximum Gasteiger partial charge on any atom is 0.169 e. The predicted molar refractivity (Wildman–Crippen MR) is 117 cm³/mol. The molecule has 0 aliphatic rings. The number of ether oxygens (including phenoxy) is 1. The van der Waals surface area contributed by atoms with Gasteiger partial charge in [0.15, 0.2) is 5.16 Å². The van der Waals surface area contributed by atoms with E-state index in [9.17, 15) is 0 Å². The number of thioether (sulfide) groups is 1. The number of methoxy groups -OCH3 is 1. The first-order chi connectivity index (χ1) is 13.8. The van der Waals surface area contributed by atoms with E-state index >= 15 is 0 Å². The molecule has 0 amide bonds. The molecule has 0 spiro atoms. The molecule has 4 heteroatoms. The third kappa shape index (κ3) is 3.69. The molecule has 0 aliphatic carbocycles. The van der Waals surface area contributed by atoms with Crippen LogP contribution in [0, 0.1) is 0 Å². The van der Waals surface area contributed by atoms with Crippen molar-refractivity contribution in [3.05, 3.63) is 90.5 Å². The first-order valence-electron chi connectivity index (χ1n) is 9.18. The summed E-state index contributed by atoms with van der Waals surface area (Å²) >= 11 is 1.67. The molecular formula is C24H22N2OS. The van der Waals surface area contributed by atoms with Crippen LogP contribution in [0.25, 0.3) is 22.5 Å². The summed E-state index contributed by atoms with van der Waals surface area (Å²) in [6.45, 7) is 0.754. The fourth-order valence-corrected chi connectivity index (χ4v) is 3.89. The third-order valence-corrected chi connectivity index (χ3v) is 5.39. The maximum atomic E-state index is 5.30. The molecule has 0 atom stereocenters. The van der Waals surface area contributed by atoms with Crippen LogP contribution in [-0.4, -0.2) is 22.9 Å². The molecule has 0 aliphatic heterocycles. The van der Waals surface area contributed by atoms with Gasteiger partial charge < -0.3 is 9.30 Å². The Kier molecular flexibility index (Phi) is 5.49. The van der Waals surface area contributed by atoms with Crippen molar-refractivity contribution in [2.24, 2.45) is 0 Å². The average molecular weight is 387 g/mol. The Hall–Kier alpha value is -2.98. The van der Waals surface area contributed by atoms with Gasteiger partial charge in [-0.3, -0.25) is 0 Å². The van der Waals surface area contributed by atoms with Gasteiger partial charge in [-0.05, 0) is 24.0 Å². The molecule has 28 heavy (non-hydrogen) atoms. The Morgan fingerprint density at radius 1 is 0.821 bits per heavy atom. The lowest BCUT2D eigenvalue weighted by molar-refractivity contribution is 0.414. The molecule has 0 fully saturated rings. The summed E-state index contributed by atoms with van der Waals surface area (Å²) in [5.74, 6) is 0.868. The van der Waals surface area contributed by atoms with Crippen LogP contribution in [-0.2, 0) is 6.54 Å². The lowest BCUT2D eigenvalue weighted by Gasteiger charge is -2.13. The lowest BCUT2D eigenvalue weighted by atomic mass is 10.0. The van der Waals surface area contributed by atoms with Crippen LogP contribution in [0.3, 0.4) is 0 Å². The van der Waals surface area contributed by atoms with Crippen LogP contribution in [0.4, 0.5) is 0 Å². The summed E-state index contributed by atoms with van der Waals surface area (Å²) in [6, 6.07) is 29.1. The van der Waals surface area contributed by atoms with Gasteiger partial charge in [-0.2, -0.15) is 0 Å². The van der Waals surface area contributed by atoms with Crippen molar-refractivity contribution >= 4 is 11.8 Å². The molecule has 140 valence electrons. The van der Waals surface area contributed by atoms with E-state index in [0.29, 0.717) is 0 Å². The second-order valence-corrected chi connectivity index (χ2v) is 7.24. The predicted octanol–water partition coefficient (Wildman–Crippen LogP) is 6.00. The molecule has 4 aromatic rings. The summed E-state index contributed by atoms with van der Waals surface area (Å²) in [4.78, 5) is 5.01. The number of hydrogen-bond acceptors (Lipinski definition) is 3. The monoisotopic (exact) mass is 386 g/mol.